The first kappa shape index (κ1) is 23.2. The van der Waals surface area contributed by atoms with Gasteiger partial charge in [0.05, 0.1) is 0 Å². The van der Waals surface area contributed by atoms with E-state index < -0.39 is 0 Å². The van der Waals surface area contributed by atoms with E-state index in [-0.39, 0.29) is 11.0 Å². The molecular formula is C30H27Br2NO. The molecule has 34 heavy (non-hydrogen) atoms. The number of halogens is 2. The third-order valence-corrected chi connectivity index (χ3v) is 8.19. The molecule has 0 saturated carbocycles. The van der Waals surface area contributed by atoms with Crippen LogP contribution in [0.5, 0.6) is 5.75 Å². The largest absolute Gasteiger partial charge is 0.487 e. The molecule has 1 aliphatic heterocycles. The van der Waals surface area contributed by atoms with Crippen LogP contribution in [0.3, 0.4) is 0 Å². The van der Waals surface area contributed by atoms with Crippen molar-refractivity contribution in [3.63, 3.8) is 0 Å². The zero-order valence-electron chi connectivity index (χ0n) is 19.8. The molecule has 4 aromatic carbocycles. The highest BCUT2D eigenvalue weighted by molar-refractivity contribution is 9.10. The van der Waals surface area contributed by atoms with E-state index in [0.29, 0.717) is 0 Å². The quantitative estimate of drug-likeness (QED) is 0.240. The van der Waals surface area contributed by atoms with Crippen molar-refractivity contribution in [2.24, 2.45) is 0 Å². The Balaban J connectivity index is 1.60. The summed E-state index contributed by atoms with van der Waals surface area (Å²) in [5, 5.41) is 0. The van der Waals surface area contributed by atoms with Gasteiger partial charge in [-0.3, -0.25) is 0 Å². The Kier molecular flexibility index (Phi) is 5.86. The maximum atomic E-state index is 6.28. The van der Waals surface area contributed by atoms with Crippen molar-refractivity contribution in [1.82, 2.24) is 0 Å². The molecule has 4 heteroatoms. The third kappa shape index (κ3) is 4.08. The van der Waals surface area contributed by atoms with Crippen molar-refractivity contribution in [2.75, 3.05) is 4.90 Å². The van der Waals surface area contributed by atoms with E-state index in [0.717, 1.165) is 31.8 Å². The Morgan fingerprint density at radius 3 is 1.76 bits per heavy atom. The van der Waals surface area contributed by atoms with Gasteiger partial charge in [0.2, 0.25) is 0 Å². The first-order valence-corrected chi connectivity index (χ1v) is 13.0. The van der Waals surface area contributed by atoms with Crippen LogP contribution in [0.25, 0.3) is 11.1 Å². The van der Waals surface area contributed by atoms with Gasteiger partial charge in [-0.2, -0.15) is 0 Å². The monoisotopic (exact) mass is 575 g/mol. The molecule has 0 spiro atoms. The lowest BCUT2D eigenvalue weighted by Crippen LogP contribution is -2.41. The molecule has 1 aliphatic rings. The highest BCUT2D eigenvalue weighted by Crippen LogP contribution is 2.50. The number of hydrogen-bond donors (Lipinski definition) is 0. The van der Waals surface area contributed by atoms with E-state index >= 15 is 0 Å². The first-order chi connectivity index (χ1) is 16.2. The number of anilines is 3. The average Bonchev–Trinajstić information content (AvgIpc) is 3.00. The van der Waals surface area contributed by atoms with Gasteiger partial charge in [0.25, 0.3) is 0 Å². The summed E-state index contributed by atoms with van der Waals surface area (Å²) in [4.78, 5) is 2.28. The smallest absolute Gasteiger partial charge is 0.124 e. The summed E-state index contributed by atoms with van der Waals surface area (Å²) >= 11 is 7.13. The van der Waals surface area contributed by atoms with Gasteiger partial charge in [-0.05, 0) is 97.8 Å². The SMILES string of the molecule is CC1(C)Oc2ccc(-c3cccc(N(c4ccc(Br)cc4)c4ccc(Br)cc4)c3)cc2C1(C)C. The molecule has 0 N–H and O–H groups in total. The van der Waals surface area contributed by atoms with Gasteiger partial charge in [-0.15, -0.1) is 0 Å². The van der Waals surface area contributed by atoms with Gasteiger partial charge >= 0.3 is 0 Å². The predicted octanol–water partition coefficient (Wildman–Crippen LogP) is 9.80. The van der Waals surface area contributed by atoms with Crippen LogP contribution in [0.1, 0.15) is 33.3 Å². The Labute approximate surface area is 218 Å². The molecule has 0 saturated heterocycles. The molecule has 1 heterocycles. The van der Waals surface area contributed by atoms with Crippen molar-refractivity contribution in [2.45, 2.75) is 38.7 Å². The summed E-state index contributed by atoms with van der Waals surface area (Å²) in [5.41, 5.74) is 6.64. The Morgan fingerprint density at radius 2 is 1.18 bits per heavy atom. The van der Waals surface area contributed by atoms with Crippen molar-refractivity contribution < 1.29 is 4.74 Å². The normalized spacial score (nSPS) is 15.5. The van der Waals surface area contributed by atoms with E-state index in [4.69, 9.17) is 4.74 Å². The molecule has 0 atom stereocenters. The second kappa shape index (κ2) is 8.58. The molecule has 0 radical (unpaired) electrons. The zero-order valence-corrected chi connectivity index (χ0v) is 22.9. The average molecular weight is 577 g/mol. The number of nitrogens with zero attached hydrogens (tertiary/aromatic N) is 1. The van der Waals surface area contributed by atoms with Crippen LogP contribution >= 0.6 is 31.9 Å². The number of hydrogen-bond acceptors (Lipinski definition) is 2. The summed E-state index contributed by atoms with van der Waals surface area (Å²) < 4.78 is 8.40. The number of fused-ring (bicyclic) bond motifs is 1. The van der Waals surface area contributed by atoms with Crippen LogP contribution in [-0.2, 0) is 5.41 Å². The summed E-state index contributed by atoms with van der Waals surface area (Å²) in [5.74, 6) is 0.987. The molecule has 0 aliphatic carbocycles. The topological polar surface area (TPSA) is 12.5 Å². The van der Waals surface area contributed by atoms with E-state index in [1.165, 1.54) is 16.7 Å². The molecule has 0 bridgehead atoms. The maximum Gasteiger partial charge on any atom is 0.124 e. The minimum Gasteiger partial charge on any atom is -0.487 e. The summed E-state index contributed by atoms with van der Waals surface area (Å²) in [6.45, 7) is 8.87. The van der Waals surface area contributed by atoms with Crippen LogP contribution in [0.4, 0.5) is 17.1 Å². The minimum absolute atomic E-state index is 0.0726. The van der Waals surface area contributed by atoms with Gasteiger partial charge in [0.15, 0.2) is 0 Å². The number of benzene rings is 4. The fourth-order valence-electron chi connectivity index (χ4n) is 4.47. The molecule has 2 nitrogen and oxygen atoms in total. The third-order valence-electron chi connectivity index (χ3n) is 7.13. The van der Waals surface area contributed by atoms with E-state index in [9.17, 15) is 0 Å². The molecule has 172 valence electrons. The molecule has 4 aromatic rings. The first-order valence-electron chi connectivity index (χ1n) is 11.4. The van der Waals surface area contributed by atoms with Gasteiger partial charge in [0.1, 0.15) is 11.4 Å². The molecule has 0 unspecified atom stereocenters. The van der Waals surface area contributed by atoms with Gasteiger partial charge < -0.3 is 9.64 Å². The summed E-state index contributed by atoms with van der Waals surface area (Å²) in [7, 11) is 0. The molecule has 0 aromatic heterocycles. The lowest BCUT2D eigenvalue weighted by Gasteiger charge is -2.33. The van der Waals surface area contributed by atoms with Crippen LogP contribution in [0.2, 0.25) is 0 Å². The molecule has 5 rings (SSSR count). The Morgan fingerprint density at radius 1 is 0.618 bits per heavy atom. The standard InChI is InChI=1S/C30H27Br2NO/c1-29(2)27-19-21(8-17-28(27)34-30(29,3)4)20-6-5-7-26(18-20)33(24-13-9-22(31)10-14-24)25-15-11-23(32)12-16-25/h5-19H,1-4H3. The fraction of sp³-hybridized carbons (Fsp3) is 0.200. The summed E-state index contributed by atoms with van der Waals surface area (Å²) in [6, 6.07) is 32.2. The lowest BCUT2D eigenvalue weighted by molar-refractivity contribution is 0.0712. The predicted molar refractivity (Wildman–Crippen MR) is 150 cm³/mol. The Hall–Kier alpha value is -2.56. The van der Waals surface area contributed by atoms with Crippen LogP contribution in [-0.4, -0.2) is 5.60 Å². The van der Waals surface area contributed by atoms with Gasteiger partial charge in [0, 0.05) is 37.0 Å². The van der Waals surface area contributed by atoms with Crippen molar-refractivity contribution >= 4 is 48.9 Å². The van der Waals surface area contributed by atoms with Crippen molar-refractivity contribution in [1.29, 1.82) is 0 Å². The zero-order chi connectivity index (χ0) is 24.1. The van der Waals surface area contributed by atoms with Crippen molar-refractivity contribution in [3.8, 4) is 16.9 Å². The Bertz CT molecular complexity index is 1300. The second-order valence-corrected chi connectivity index (χ2v) is 11.6. The van der Waals surface area contributed by atoms with Gasteiger partial charge in [-0.25, -0.2) is 0 Å². The number of ether oxygens (including phenoxy) is 1. The molecular weight excluding hydrogens is 550 g/mol. The van der Waals surface area contributed by atoms with Crippen molar-refractivity contribution in [3.05, 3.63) is 106 Å². The fourth-order valence-corrected chi connectivity index (χ4v) is 4.99. The van der Waals surface area contributed by atoms with Crippen LogP contribution in [0, 0.1) is 0 Å². The van der Waals surface area contributed by atoms with E-state index in [1.807, 2.05) is 0 Å². The summed E-state index contributed by atoms with van der Waals surface area (Å²) in [6.07, 6.45) is 0. The minimum atomic E-state index is -0.240. The van der Waals surface area contributed by atoms with E-state index in [2.05, 4.69) is 155 Å². The lowest BCUT2D eigenvalue weighted by atomic mass is 9.73. The highest BCUT2D eigenvalue weighted by atomic mass is 79.9. The second-order valence-electron chi connectivity index (χ2n) is 9.79. The van der Waals surface area contributed by atoms with Gasteiger partial charge in [-0.1, -0.05) is 63.9 Å². The van der Waals surface area contributed by atoms with Crippen LogP contribution in [0.15, 0.2) is 99.9 Å². The molecule has 0 fully saturated rings. The van der Waals surface area contributed by atoms with E-state index in [1.54, 1.807) is 0 Å². The number of rotatable bonds is 4. The van der Waals surface area contributed by atoms with Crippen LogP contribution < -0.4 is 9.64 Å². The highest BCUT2D eigenvalue weighted by Gasteiger charge is 2.47. The maximum absolute atomic E-state index is 6.28. The molecule has 0 amide bonds.